The first-order valence-electron chi connectivity index (χ1n) is 8.98. The summed E-state index contributed by atoms with van der Waals surface area (Å²) in [5, 5.41) is 8.21. The molecular weight excluding hydrogens is 332 g/mol. The Balaban J connectivity index is 1.44. The van der Waals surface area contributed by atoms with Crippen LogP contribution in [0.15, 0.2) is 30.5 Å². The van der Waals surface area contributed by atoms with Crippen molar-refractivity contribution in [1.82, 2.24) is 19.9 Å². The maximum absolute atomic E-state index is 12.9. The molecule has 0 bridgehead atoms. The summed E-state index contributed by atoms with van der Waals surface area (Å²) in [6.07, 6.45) is 1.64. The Morgan fingerprint density at radius 2 is 2.15 bits per heavy atom. The van der Waals surface area contributed by atoms with Gasteiger partial charge < -0.3 is 14.4 Å². The van der Waals surface area contributed by atoms with Crippen molar-refractivity contribution in [3.05, 3.63) is 47.3 Å². The molecule has 0 spiro atoms. The molecule has 4 rings (SSSR count). The minimum atomic E-state index is -0.102. The van der Waals surface area contributed by atoms with Gasteiger partial charge in [-0.05, 0) is 18.1 Å². The van der Waals surface area contributed by atoms with Crippen LogP contribution in [0.5, 0.6) is 0 Å². The van der Waals surface area contributed by atoms with E-state index >= 15 is 0 Å². The van der Waals surface area contributed by atoms with Gasteiger partial charge in [0.15, 0.2) is 5.69 Å². The molecule has 3 heterocycles. The number of aromatic nitrogens is 3. The first-order chi connectivity index (χ1) is 12.5. The Morgan fingerprint density at radius 3 is 2.88 bits per heavy atom. The first kappa shape index (κ1) is 17.2. The van der Waals surface area contributed by atoms with Gasteiger partial charge in [-0.3, -0.25) is 9.48 Å². The van der Waals surface area contributed by atoms with Gasteiger partial charge in [-0.2, -0.15) is 0 Å². The number of nitrogens with zero attached hydrogens (tertiary/aromatic N) is 4. The van der Waals surface area contributed by atoms with E-state index < -0.39 is 0 Å². The molecule has 138 valence electrons. The number of benzene rings is 1. The zero-order valence-corrected chi connectivity index (χ0v) is 15.2. The molecule has 0 radical (unpaired) electrons. The van der Waals surface area contributed by atoms with Gasteiger partial charge in [-0.25, -0.2) is 0 Å². The SMILES string of the molecule is Cc1ccccc1C1CN(C(=O)c2cn(CC3(C)COC3)nn2)CCO1. The molecule has 0 saturated carbocycles. The van der Waals surface area contributed by atoms with Gasteiger partial charge in [0.25, 0.3) is 5.91 Å². The number of carbonyl (C=O) groups excluding carboxylic acids is 1. The van der Waals surface area contributed by atoms with Crippen LogP contribution in [-0.4, -0.2) is 58.7 Å². The quantitative estimate of drug-likeness (QED) is 0.836. The van der Waals surface area contributed by atoms with Gasteiger partial charge in [0.1, 0.15) is 6.10 Å². The fourth-order valence-electron chi connectivity index (χ4n) is 3.54. The molecule has 2 aliphatic rings. The van der Waals surface area contributed by atoms with E-state index in [9.17, 15) is 4.79 Å². The summed E-state index contributed by atoms with van der Waals surface area (Å²) in [4.78, 5) is 14.7. The summed E-state index contributed by atoms with van der Waals surface area (Å²) in [6.45, 7) is 7.98. The van der Waals surface area contributed by atoms with Crippen LogP contribution in [-0.2, 0) is 16.0 Å². The van der Waals surface area contributed by atoms with Gasteiger partial charge in [0.2, 0.25) is 0 Å². The van der Waals surface area contributed by atoms with E-state index in [4.69, 9.17) is 9.47 Å². The summed E-state index contributed by atoms with van der Waals surface area (Å²) >= 11 is 0. The second-order valence-corrected chi connectivity index (χ2v) is 7.57. The Hall–Kier alpha value is -2.25. The Bertz CT molecular complexity index is 800. The van der Waals surface area contributed by atoms with Crippen molar-refractivity contribution in [3.63, 3.8) is 0 Å². The lowest BCUT2D eigenvalue weighted by molar-refractivity contribution is -0.111. The highest BCUT2D eigenvalue weighted by atomic mass is 16.5. The third-order valence-corrected chi connectivity index (χ3v) is 5.09. The van der Waals surface area contributed by atoms with Crippen molar-refractivity contribution < 1.29 is 14.3 Å². The first-order valence-corrected chi connectivity index (χ1v) is 8.98. The van der Waals surface area contributed by atoms with Crippen LogP contribution >= 0.6 is 0 Å². The van der Waals surface area contributed by atoms with E-state index in [0.29, 0.717) is 31.9 Å². The average Bonchev–Trinajstić information content (AvgIpc) is 3.08. The number of hydrogen-bond donors (Lipinski definition) is 0. The molecule has 1 aromatic heterocycles. The third kappa shape index (κ3) is 3.37. The van der Waals surface area contributed by atoms with Crippen LogP contribution in [0.1, 0.15) is 34.6 Å². The van der Waals surface area contributed by atoms with Gasteiger partial charge in [-0.1, -0.05) is 36.4 Å². The molecule has 2 fully saturated rings. The molecule has 7 heteroatoms. The Kier molecular flexibility index (Phi) is 4.50. The van der Waals surface area contributed by atoms with Crippen molar-refractivity contribution in [2.24, 2.45) is 5.41 Å². The fraction of sp³-hybridized carbons (Fsp3) is 0.526. The number of rotatable bonds is 4. The highest BCUT2D eigenvalue weighted by Crippen LogP contribution is 2.28. The van der Waals surface area contributed by atoms with Crippen molar-refractivity contribution in [2.75, 3.05) is 32.9 Å². The molecule has 1 amide bonds. The van der Waals surface area contributed by atoms with Gasteiger partial charge in [-0.15, -0.1) is 5.10 Å². The van der Waals surface area contributed by atoms with Crippen LogP contribution in [0, 0.1) is 12.3 Å². The predicted octanol–water partition coefficient (Wildman–Crippen LogP) is 1.84. The topological polar surface area (TPSA) is 69.5 Å². The van der Waals surface area contributed by atoms with Crippen LogP contribution in [0.25, 0.3) is 0 Å². The van der Waals surface area contributed by atoms with Crippen molar-refractivity contribution in [1.29, 1.82) is 0 Å². The van der Waals surface area contributed by atoms with Crippen molar-refractivity contribution in [2.45, 2.75) is 26.5 Å². The second kappa shape index (κ2) is 6.81. The maximum atomic E-state index is 12.9. The molecule has 0 aliphatic carbocycles. The van der Waals surface area contributed by atoms with E-state index in [0.717, 1.165) is 18.8 Å². The van der Waals surface area contributed by atoms with Gasteiger partial charge >= 0.3 is 0 Å². The number of morpholine rings is 1. The molecule has 7 nitrogen and oxygen atoms in total. The lowest BCUT2D eigenvalue weighted by Gasteiger charge is -2.37. The minimum Gasteiger partial charge on any atom is -0.380 e. The van der Waals surface area contributed by atoms with E-state index in [-0.39, 0.29) is 17.4 Å². The van der Waals surface area contributed by atoms with Crippen LogP contribution in [0.2, 0.25) is 0 Å². The molecule has 1 unspecified atom stereocenters. The smallest absolute Gasteiger partial charge is 0.276 e. The van der Waals surface area contributed by atoms with Gasteiger partial charge in [0, 0.05) is 12.0 Å². The number of carbonyl (C=O) groups is 1. The lowest BCUT2D eigenvalue weighted by Crippen LogP contribution is -2.43. The fourth-order valence-corrected chi connectivity index (χ4v) is 3.54. The maximum Gasteiger partial charge on any atom is 0.276 e. The van der Waals surface area contributed by atoms with Crippen molar-refractivity contribution in [3.8, 4) is 0 Å². The highest BCUT2D eigenvalue weighted by molar-refractivity contribution is 5.92. The Labute approximate surface area is 152 Å². The lowest BCUT2D eigenvalue weighted by atomic mass is 9.89. The third-order valence-electron chi connectivity index (χ3n) is 5.09. The monoisotopic (exact) mass is 356 g/mol. The predicted molar refractivity (Wildman–Crippen MR) is 94.7 cm³/mol. The highest BCUT2D eigenvalue weighted by Gasteiger charge is 2.35. The molecule has 2 aromatic rings. The Morgan fingerprint density at radius 1 is 1.35 bits per heavy atom. The summed E-state index contributed by atoms with van der Waals surface area (Å²) in [5.41, 5.74) is 2.78. The average molecular weight is 356 g/mol. The van der Waals surface area contributed by atoms with E-state index in [1.54, 1.807) is 10.9 Å². The molecule has 2 saturated heterocycles. The summed E-state index contributed by atoms with van der Waals surface area (Å²) in [6, 6.07) is 8.14. The zero-order valence-electron chi connectivity index (χ0n) is 15.2. The van der Waals surface area contributed by atoms with E-state index in [1.807, 2.05) is 17.0 Å². The van der Waals surface area contributed by atoms with E-state index in [1.165, 1.54) is 5.56 Å². The molecule has 2 aliphatic heterocycles. The van der Waals surface area contributed by atoms with Crippen molar-refractivity contribution >= 4 is 5.91 Å². The van der Waals surface area contributed by atoms with Crippen LogP contribution in [0.3, 0.4) is 0 Å². The normalized spacial score (nSPS) is 22.1. The zero-order chi connectivity index (χ0) is 18.1. The number of amides is 1. The summed E-state index contributed by atoms with van der Waals surface area (Å²) in [7, 11) is 0. The molecule has 1 aromatic carbocycles. The number of hydrogen-bond acceptors (Lipinski definition) is 5. The number of aryl methyl sites for hydroxylation is 1. The molecular formula is C19H24N4O3. The summed E-state index contributed by atoms with van der Waals surface area (Å²) < 4.78 is 12.9. The van der Waals surface area contributed by atoms with Crippen LogP contribution < -0.4 is 0 Å². The number of ether oxygens (including phenoxy) is 2. The largest absolute Gasteiger partial charge is 0.380 e. The second-order valence-electron chi connectivity index (χ2n) is 7.57. The standard InChI is InChI=1S/C19H24N4O3/c1-14-5-3-4-6-15(14)17-10-22(7-8-26-17)18(24)16-9-23(21-20-16)11-19(2)12-25-13-19/h3-6,9,17H,7-8,10-13H2,1-2H3. The molecule has 1 atom stereocenters. The minimum absolute atomic E-state index is 0.0862. The molecule has 26 heavy (non-hydrogen) atoms. The van der Waals surface area contributed by atoms with E-state index in [2.05, 4.69) is 36.3 Å². The summed E-state index contributed by atoms with van der Waals surface area (Å²) in [5.74, 6) is -0.0897. The van der Waals surface area contributed by atoms with Crippen LogP contribution in [0.4, 0.5) is 0 Å². The van der Waals surface area contributed by atoms with Gasteiger partial charge in [0.05, 0.1) is 39.1 Å². The molecule has 0 N–H and O–H groups in total.